The van der Waals surface area contributed by atoms with Crippen LogP contribution in [0, 0.1) is 26.6 Å². The minimum atomic E-state index is -3.83. The van der Waals surface area contributed by atoms with Crippen LogP contribution in [0.5, 0.6) is 0 Å². The second-order valence-electron chi connectivity index (χ2n) is 5.72. The molecule has 24 heavy (non-hydrogen) atoms. The third-order valence-corrected chi connectivity index (χ3v) is 5.24. The lowest BCUT2D eigenvalue weighted by Gasteiger charge is -2.11. The van der Waals surface area contributed by atoms with Gasteiger partial charge in [-0.25, -0.2) is 17.8 Å². The summed E-state index contributed by atoms with van der Waals surface area (Å²) in [6.07, 6.45) is 0. The Morgan fingerprint density at radius 1 is 1.12 bits per heavy atom. The van der Waals surface area contributed by atoms with E-state index in [4.69, 9.17) is 0 Å². The molecule has 0 aliphatic rings. The molecule has 3 rings (SSSR count). The maximum atomic E-state index is 13.4. The summed E-state index contributed by atoms with van der Waals surface area (Å²) in [5.41, 5.74) is 2.63. The molecule has 0 bridgehead atoms. The molecule has 0 spiro atoms. The van der Waals surface area contributed by atoms with Gasteiger partial charge in [-0.05, 0) is 50.6 Å². The number of halogens is 1. The number of fused-ring (bicyclic) bond motifs is 1. The van der Waals surface area contributed by atoms with Crippen LogP contribution in [0.4, 0.5) is 10.1 Å². The van der Waals surface area contributed by atoms with Gasteiger partial charge in [0.05, 0.1) is 22.0 Å². The van der Waals surface area contributed by atoms with Crippen molar-refractivity contribution >= 4 is 26.7 Å². The smallest absolute Gasteiger partial charge is 0.261 e. The third kappa shape index (κ3) is 2.73. The molecule has 0 aliphatic heterocycles. The van der Waals surface area contributed by atoms with Crippen molar-refractivity contribution in [3.8, 4) is 0 Å². The highest BCUT2D eigenvalue weighted by molar-refractivity contribution is 7.92. The van der Waals surface area contributed by atoms with E-state index in [1.54, 1.807) is 24.7 Å². The fourth-order valence-corrected chi connectivity index (χ4v) is 3.72. The molecule has 2 aromatic heterocycles. The van der Waals surface area contributed by atoms with Crippen molar-refractivity contribution in [2.24, 2.45) is 7.05 Å². The zero-order chi connectivity index (χ0) is 17.6. The van der Waals surface area contributed by atoms with Crippen molar-refractivity contribution in [2.45, 2.75) is 25.7 Å². The van der Waals surface area contributed by atoms with Crippen LogP contribution < -0.4 is 4.72 Å². The van der Waals surface area contributed by atoms with Crippen molar-refractivity contribution in [1.29, 1.82) is 0 Å². The van der Waals surface area contributed by atoms with E-state index >= 15 is 0 Å². The third-order valence-electron chi connectivity index (χ3n) is 3.87. The Hall–Kier alpha value is -2.48. The first kappa shape index (κ1) is 16.4. The van der Waals surface area contributed by atoms with E-state index in [0.717, 1.165) is 17.1 Å². The Morgan fingerprint density at radius 2 is 1.83 bits per heavy atom. The first-order valence-electron chi connectivity index (χ1n) is 7.29. The molecule has 0 saturated carbocycles. The van der Waals surface area contributed by atoms with E-state index in [0.29, 0.717) is 17.0 Å². The number of hydrogen-bond donors (Lipinski definition) is 1. The van der Waals surface area contributed by atoms with E-state index in [9.17, 15) is 12.8 Å². The van der Waals surface area contributed by atoms with E-state index in [-0.39, 0.29) is 10.5 Å². The van der Waals surface area contributed by atoms with Crippen molar-refractivity contribution < 1.29 is 12.8 Å². The van der Waals surface area contributed by atoms with E-state index in [2.05, 4.69) is 14.8 Å². The minimum absolute atomic E-state index is 0.00352. The monoisotopic (exact) mass is 348 g/mol. The molecular formula is C16H17FN4O2S. The molecule has 1 aromatic carbocycles. The predicted molar refractivity (Wildman–Crippen MR) is 89.9 cm³/mol. The van der Waals surface area contributed by atoms with Gasteiger partial charge in [-0.15, -0.1) is 0 Å². The van der Waals surface area contributed by atoms with E-state index in [1.807, 2.05) is 6.92 Å². The molecule has 1 N–H and O–H groups in total. The van der Waals surface area contributed by atoms with E-state index in [1.165, 1.54) is 19.1 Å². The van der Waals surface area contributed by atoms with Crippen LogP contribution in [0.3, 0.4) is 0 Å². The molecule has 0 amide bonds. The summed E-state index contributed by atoms with van der Waals surface area (Å²) in [6.45, 7) is 5.07. The number of pyridine rings is 1. The SMILES string of the molecule is Cc1cc(S(=O)(=O)Nc2cc3c(C)nn(C)c3nc2C)ccc1F. The highest BCUT2D eigenvalue weighted by Crippen LogP contribution is 2.25. The Kier molecular flexibility index (Phi) is 3.79. The average molecular weight is 348 g/mol. The number of nitrogens with zero attached hydrogens (tertiary/aromatic N) is 3. The number of nitrogens with one attached hydrogen (secondary N) is 1. The first-order valence-corrected chi connectivity index (χ1v) is 8.77. The summed E-state index contributed by atoms with van der Waals surface area (Å²) in [4.78, 5) is 4.42. The molecule has 0 unspecified atom stereocenters. The first-order chi connectivity index (χ1) is 11.2. The lowest BCUT2D eigenvalue weighted by atomic mass is 10.2. The standard InChI is InChI=1S/C16H17FN4O2S/c1-9-7-12(5-6-14(9)17)24(22,23)20-15-8-13-10(2)19-21(4)16(13)18-11(15)3/h5-8,20H,1-4H3. The fourth-order valence-electron chi connectivity index (χ4n) is 2.52. The van der Waals surface area contributed by atoms with Crippen LogP contribution in [0.2, 0.25) is 0 Å². The second-order valence-corrected chi connectivity index (χ2v) is 7.40. The van der Waals surface area contributed by atoms with Crippen molar-refractivity contribution in [3.05, 3.63) is 47.0 Å². The molecule has 0 atom stereocenters. The van der Waals surface area contributed by atoms with Crippen LogP contribution in [0.1, 0.15) is 17.0 Å². The Bertz CT molecular complexity index is 1060. The van der Waals surface area contributed by atoms with Crippen molar-refractivity contribution in [1.82, 2.24) is 14.8 Å². The van der Waals surface area contributed by atoms with Crippen LogP contribution in [0.15, 0.2) is 29.2 Å². The van der Waals surface area contributed by atoms with Crippen LogP contribution in [0.25, 0.3) is 11.0 Å². The Labute approximate surface area is 139 Å². The Morgan fingerprint density at radius 3 is 2.50 bits per heavy atom. The van der Waals surface area contributed by atoms with Gasteiger partial charge in [0.15, 0.2) is 5.65 Å². The molecular weight excluding hydrogens is 331 g/mol. The van der Waals surface area contributed by atoms with Crippen LogP contribution in [-0.4, -0.2) is 23.2 Å². The number of rotatable bonds is 3. The molecule has 0 aliphatic carbocycles. The molecule has 8 heteroatoms. The van der Waals surface area contributed by atoms with Crippen molar-refractivity contribution in [2.75, 3.05) is 4.72 Å². The summed E-state index contributed by atoms with van der Waals surface area (Å²) in [5, 5.41) is 5.06. The normalized spacial score (nSPS) is 11.9. The lowest BCUT2D eigenvalue weighted by molar-refractivity contribution is 0.598. The summed E-state index contributed by atoms with van der Waals surface area (Å²) in [5.74, 6) is -0.445. The van der Waals surface area contributed by atoms with Gasteiger partial charge in [-0.1, -0.05) is 0 Å². The number of hydrogen-bond acceptors (Lipinski definition) is 4. The molecule has 2 heterocycles. The number of aryl methyl sites for hydroxylation is 4. The summed E-state index contributed by atoms with van der Waals surface area (Å²) >= 11 is 0. The number of aromatic nitrogens is 3. The van der Waals surface area contributed by atoms with E-state index < -0.39 is 15.8 Å². The maximum Gasteiger partial charge on any atom is 0.261 e. The van der Waals surface area contributed by atoms with Gasteiger partial charge in [-0.2, -0.15) is 5.10 Å². The topological polar surface area (TPSA) is 76.9 Å². The fraction of sp³-hybridized carbons (Fsp3) is 0.250. The molecule has 6 nitrogen and oxygen atoms in total. The zero-order valence-electron chi connectivity index (χ0n) is 13.8. The molecule has 0 saturated heterocycles. The molecule has 0 radical (unpaired) electrons. The van der Waals surface area contributed by atoms with Crippen LogP contribution >= 0.6 is 0 Å². The van der Waals surface area contributed by atoms with Gasteiger partial charge in [0.1, 0.15) is 5.82 Å². The Balaban J connectivity index is 2.06. The number of sulfonamides is 1. The number of benzene rings is 1. The zero-order valence-corrected chi connectivity index (χ0v) is 14.6. The molecule has 0 fully saturated rings. The molecule has 3 aromatic rings. The van der Waals surface area contributed by atoms with Gasteiger partial charge in [0.25, 0.3) is 10.0 Å². The number of anilines is 1. The van der Waals surface area contributed by atoms with Gasteiger partial charge in [-0.3, -0.25) is 9.40 Å². The minimum Gasteiger partial charge on any atom is -0.278 e. The lowest BCUT2D eigenvalue weighted by Crippen LogP contribution is -2.14. The summed E-state index contributed by atoms with van der Waals surface area (Å²) in [6, 6.07) is 5.40. The van der Waals surface area contributed by atoms with Gasteiger partial charge < -0.3 is 0 Å². The summed E-state index contributed by atoms with van der Waals surface area (Å²) in [7, 11) is -2.05. The van der Waals surface area contributed by atoms with Gasteiger partial charge >= 0.3 is 0 Å². The highest BCUT2D eigenvalue weighted by Gasteiger charge is 2.18. The summed E-state index contributed by atoms with van der Waals surface area (Å²) < 4.78 is 42.7. The second kappa shape index (κ2) is 5.55. The average Bonchev–Trinajstić information content (AvgIpc) is 2.76. The maximum absolute atomic E-state index is 13.4. The highest BCUT2D eigenvalue weighted by atomic mass is 32.2. The quantitative estimate of drug-likeness (QED) is 0.789. The van der Waals surface area contributed by atoms with Crippen LogP contribution in [-0.2, 0) is 17.1 Å². The molecule has 126 valence electrons. The van der Waals surface area contributed by atoms with Crippen molar-refractivity contribution in [3.63, 3.8) is 0 Å². The predicted octanol–water partition coefficient (Wildman–Crippen LogP) is 2.83. The van der Waals surface area contributed by atoms with Gasteiger partial charge in [0.2, 0.25) is 0 Å². The largest absolute Gasteiger partial charge is 0.278 e. The van der Waals surface area contributed by atoms with Gasteiger partial charge in [0, 0.05) is 12.4 Å².